The minimum absolute atomic E-state index is 0.00276. The molecule has 2 aliphatic rings. The van der Waals surface area contributed by atoms with E-state index in [1.165, 1.54) is 13.0 Å². The van der Waals surface area contributed by atoms with Crippen LogP contribution in [0.5, 0.6) is 0 Å². The van der Waals surface area contributed by atoms with Crippen LogP contribution in [-0.4, -0.2) is 36.5 Å². The highest BCUT2D eigenvalue weighted by atomic mass is 16.5. The van der Waals surface area contributed by atoms with E-state index in [2.05, 4.69) is 4.90 Å². The van der Waals surface area contributed by atoms with E-state index in [4.69, 9.17) is 9.47 Å². The highest BCUT2D eigenvalue weighted by Gasteiger charge is 2.37. The van der Waals surface area contributed by atoms with Gasteiger partial charge in [0.15, 0.2) is 11.7 Å². The molecular formula is C13H17NO3. The van der Waals surface area contributed by atoms with Crippen molar-refractivity contribution in [2.24, 2.45) is 0 Å². The monoisotopic (exact) mass is 235 g/mol. The molecule has 0 saturated carbocycles. The van der Waals surface area contributed by atoms with E-state index in [1.54, 1.807) is 7.11 Å². The molecule has 1 aliphatic heterocycles. The van der Waals surface area contributed by atoms with Gasteiger partial charge in [-0.15, -0.1) is 0 Å². The van der Waals surface area contributed by atoms with Crippen molar-refractivity contribution >= 4 is 5.78 Å². The molecular weight excluding hydrogens is 218 g/mol. The molecule has 0 spiro atoms. The Morgan fingerprint density at radius 3 is 3.00 bits per heavy atom. The summed E-state index contributed by atoms with van der Waals surface area (Å²) in [5, 5.41) is 0. The van der Waals surface area contributed by atoms with E-state index in [1.807, 2.05) is 25.2 Å². The lowest BCUT2D eigenvalue weighted by Crippen LogP contribution is -2.33. The first-order chi connectivity index (χ1) is 8.15. The number of allylic oxidation sites excluding steroid dienone is 2. The van der Waals surface area contributed by atoms with Gasteiger partial charge in [0.25, 0.3) is 0 Å². The zero-order chi connectivity index (χ0) is 12.4. The van der Waals surface area contributed by atoms with Gasteiger partial charge in [-0.1, -0.05) is 0 Å². The third-order valence-electron chi connectivity index (χ3n) is 2.92. The van der Waals surface area contributed by atoms with E-state index in [0.29, 0.717) is 5.88 Å². The summed E-state index contributed by atoms with van der Waals surface area (Å²) in [6, 6.07) is 0.116. The lowest BCUT2D eigenvalue weighted by Gasteiger charge is -2.23. The number of hydrogen-bond acceptors (Lipinski definition) is 4. The van der Waals surface area contributed by atoms with Crippen LogP contribution >= 0.6 is 0 Å². The second-order valence-electron chi connectivity index (χ2n) is 4.08. The van der Waals surface area contributed by atoms with Crippen LogP contribution in [0.4, 0.5) is 0 Å². The van der Waals surface area contributed by atoms with Crippen molar-refractivity contribution in [3.05, 3.63) is 35.9 Å². The van der Waals surface area contributed by atoms with Crippen LogP contribution in [0.25, 0.3) is 0 Å². The van der Waals surface area contributed by atoms with Crippen molar-refractivity contribution in [3.63, 3.8) is 0 Å². The molecule has 4 heteroatoms. The van der Waals surface area contributed by atoms with Gasteiger partial charge in [0.1, 0.15) is 11.9 Å². The van der Waals surface area contributed by atoms with Gasteiger partial charge in [0.05, 0.1) is 13.2 Å². The Balaban J connectivity index is 2.27. The molecule has 0 aromatic rings. The number of ether oxygens (including phenoxy) is 2. The van der Waals surface area contributed by atoms with Crippen LogP contribution in [0.3, 0.4) is 0 Å². The average Bonchev–Trinajstić information content (AvgIpc) is 2.63. The Kier molecular flexibility index (Phi) is 3.22. The van der Waals surface area contributed by atoms with Crippen molar-refractivity contribution in [2.75, 3.05) is 13.7 Å². The zero-order valence-electron chi connectivity index (χ0n) is 10.3. The smallest absolute Gasteiger partial charge is 0.194 e. The number of fused-ring (bicyclic) bond motifs is 1. The maximum Gasteiger partial charge on any atom is 0.194 e. The molecule has 1 heterocycles. The molecule has 1 fully saturated rings. The van der Waals surface area contributed by atoms with Crippen molar-refractivity contribution in [1.82, 2.24) is 4.90 Å². The predicted molar refractivity (Wildman–Crippen MR) is 64.0 cm³/mol. The molecule has 17 heavy (non-hydrogen) atoms. The Morgan fingerprint density at radius 1 is 1.65 bits per heavy atom. The number of likely N-dealkylation sites (N-methyl/N-ethyl adjacent to an activating group) is 1. The number of carbonyl (C=O) groups excluding carboxylic acids is 1. The zero-order valence-corrected chi connectivity index (χ0v) is 10.3. The van der Waals surface area contributed by atoms with Gasteiger partial charge in [0.2, 0.25) is 0 Å². The molecule has 0 amide bonds. The Labute approximate surface area is 101 Å². The fourth-order valence-electron chi connectivity index (χ4n) is 2.15. The molecule has 1 aliphatic carbocycles. The fourth-order valence-corrected chi connectivity index (χ4v) is 2.15. The van der Waals surface area contributed by atoms with Crippen molar-refractivity contribution < 1.29 is 14.3 Å². The van der Waals surface area contributed by atoms with Crippen LogP contribution in [0.1, 0.15) is 13.8 Å². The molecule has 0 aromatic heterocycles. The molecule has 2 atom stereocenters. The summed E-state index contributed by atoms with van der Waals surface area (Å²) in [6.07, 6.45) is 7.39. The second kappa shape index (κ2) is 4.65. The van der Waals surface area contributed by atoms with Crippen molar-refractivity contribution in [1.29, 1.82) is 0 Å². The average molecular weight is 235 g/mol. The lowest BCUT2D eigenvalue weighted by molar-refractivity contribution is -0.112. The van der Waals surface area contributed by atoms with Gasteiger partial charge in [-0.3, -0.25) is 4.79 Å². The third kappa shape index (κ3) is 2.20. The first-order valence-electron chi connectivity index (χ1n) is 5.75. The standard InChI is InChI=1S/C13H17NO3/c1-4-14-11-8-10(16-3)5-6-12(11)17-13(14)7-9(2)15/h5-8,11-12H,4H2,1-3H3/b13-7-. The first-order valence-corrected chi connectivity index (χ1v) is 5.75. The molecule has 2 rings (SSSR count). The van der Waals surface area contributed by atoms with Gasteiger partial charge >= 0.3 is 0 Å². The third-order valence-corrected chi connectivity index (χ3v) is 2.92. The molecule has 0 aromatic carbocycles. The highest BCUT2D eigenvalue weighted by Crippen LogP contribution is 2.31. The number of nitrogens with zero attached hydrogens (tertiary/aromatic N) is 1. The van der Waals surface area contributed by atoms with Crippen molar-refractivity contribution in [3.8, 4) is 0 Å². The van der Waals surface area contributed by atoms with E-state index < -0.39 is 0 Å². The van der Waals surface area contributed by atoms with E-state index in [9.17, 15) is 4.79 Å². The summed E-state index contributed by atoms with van der Waals surface area (Å²) in [6.45, 7) is 4.36. The summed E-state index contributed by atoms with van der Waals surface area (Å²) < 4.78 is 11.0. The summed E-state index contributed by atoms with van der Waals surface area (Å²) in [5.41, 5.74) is 0. The first kappa shape index (κ1) is 11.8. The number of methoxy groups -OCH3 is 1. The molecule has 92 valence electrons. The van der Waals surface area contributed by atoms with Crippen LogP contribution in [0, 0.1) is 0 Å². The van der Waals surface area contributed by atoms with Gasteiger partial charge in [-0.05, 0) is 32.1 Å². The van der Waals surface area contributed by atoms with E-state index in [-0.39, 0.29) is 17.9 Å². The lowest BCUT2D eigenvalue weighted by atomic mass is 10.0. The van der Waals surface area contributed by atoms with Crippen LogP contribution in [0.15, 0.2) is 35.9 Å². The molecule has 2 unspecified atom stereocenters. The van der Waals surface area contributed by atoms with Crippen molar-refractivity contribution in [2.45, 2.75) is 26.0 Å². The Bertz CT molecular complexity index is 409. The Hall–Kier alpha value is -1.71. The second-order valence-corrected chi connectivity index (χ2v) is 4.08. The maximum absolute atomic E-state index is 11.1. The molecule has 0 bridgehead atoms. The van der Waals surface area contributed by atoms with Crippen LogP contribution in [0.2, 0.25) is 0 Å². The maximum atomic E-state index is 11.1. The SMILES string of the molecule is CCN1/C(=C/C(C)=O)OC2C=CC(OC)=CC21. The van der Waals surface area contributed by atoms with Crippen LogP contribution in [-0.2, 0) is 14.3 Å². The quantitative estimate of drug-likeness (QED) is 0.697. The van der Waals surface area contributed by atoms with E-state index >= 15 is 0 Å². The predicted octanol–water partition coefficient (Wildman–Crippen LogP) is 1.61. The summed E-state index contributed by atoms with van der Waals surface area (Å²) in [4.78, 5) is 13.2. The summed E-state index contributed by atoms with van der Waals surface area (Å²) in [5.74, 6) is 1.47. The van der Waals surface area contributed by atoms with Gasteiger partial charge in [0, 0.05) is 12.6 Å². The molecule has 0 N–H and O–H groups in total. The molecule has 0 radical (unpaired) electrons. The number of rotatable bonds is 3. The number of carbonyl (C=O) groups is 1. The topological polar surface area (TPSA) is 38.8 Å². The van der Waals surface area contributed by atoms with Crippen LogP contribution < -0.4 is 0 Å². The summed E-state index contributed by atoms with van der Waals surface area (Å²) >= 11 is 0. The minimum atomic E-state index is -0.0283. The normalized spacial score (nSPS) is 28.8. The van der Waals surface area contributed by atoms with Gasteiger partial charge in [-0.2, -0.15) is 0 Å². The highest BCUT2D eigenvalue weighted by molar-refractivity contribution is 5.87. The molecule has 4 nitrogen and oxygen atoms in total. The largest absolute Gasteiger partial charge is 0.497 e. The fraction of sp³-hybridized carbons (Fsp3) is 0.462. The van der Waals surface area contributed by atoms with Gasteiger partial charge in [-0.25, -0.2) is 0 Å². The Morgan fingerprint density at radius 2 is 2.41 bits per heavy atom. The molecule has 1 saturated heterocycles. The number of hydrogen-bond donors (Lipinski definition) is 0. The van der Waals surface area contributed by atoms with E-state index in [0.717, 1.165) is 12.3 Å². The summed E-state index contributed by atoms with van der Waals surface area (Å²) in [7, 11) is 1.65. The van der Waals surface area contributed by atoms with Gasteiger partial charge < -0.3 is 14.4 Å². The number of ketones is 1. The minimum Gasteiger partial charge on any atom is -0.497 e.